The summed E-state index contributed by atoms with van der Waals surface area (Å²) in [6.45, 7) is 5.20. The molecule has 0 radical (unpaired) electrons. The first-order chi connectivity index (χ1) is 33.6. The second-order valence-corrected chi connectivity index (χ2v) is 21.3. The maximum atomic E-state index is 14.2. The number of nitrogens with one attached hydrogen (secondary N) is 1. The van der Waals surface area contributed by atoms with Crippen molar-refractivity contribution in [2.45, 2.75) is 138 Å². The number of alkyl carbamates (subject to hydrolysis) is 1. The number of imide groups is 2. The van der Waals surface area contributed by atoms with Crippen molar-refractivity contribution >= 4 is 76.6 Å². The number of likely N-dealkylation sites (tertiary alicyclic amines) is 1. The van der Waals surface area contributed by atoms with E-state index in [1.165, 1.54) is 35.8 Å². The number of aliphatic hydroxyl groups is 1. The molecule has 0 aromatic heterocycles. The molecule has 0 spiro atoms. The van der Waals surface area contributed by atoms with Gasteiger partial charge in [0.1, 0.15) is 46.9 Å². The predicted molar refractivity (Wildman–Crippen MR) is 254 cm³/mol. The number of methoxy groups -OCH3 is 2. The van der Waals surface area contributed by atoms with E-state index in [2.05, 4.69) is 5.32 Å². The maximum Gasteiger partial charge on any atom is 0.409 e. The highest BCUT2D eigenvalue weighted by Crippen LogP contribution is 2.50. The van der Waals surface area contributed by atoms with Gasteiger partial charge in [0.05, 0.1) is 30.4 Å². The van der Waals surface area contributed by atoms with Crippen LogP contribution in [0.4, 0.5) is 10.5 Å². The number of anilines is 1. The first-order valence-electron chi connectivity index (χ1n) is 23.9. The van der Waals surface area contributed by atoms with Gasteiger partial charge in [-0.15, -0.1) is 16.8 Å². The quantitative estimate of drug-likeness (QED) is 0.148. The fourth-order valence-corrected chi connectivity index (χ4v) is 11.7. The smallest absolute Gasteiger partial charge is 0.409 e. The number of ether oxygens (including phenoxy) is 6. The van der Waals surface area contributed by atoms with E-state index in [4.69, 9.17) is 44.9 Å². The number of esters is 1. The standard InChI is InChI=1S/C49H63ClN4O16S/c1-28-9-7-10-35(65-6)49(63)24-37(68-46(62)51-49)48(3)27-47(2,70-48)36(23-40(57)52(4)32-20-30(19-28)21-33(64-5)43(32)50)67-42(59)26-66-17-8-18-71-34-22-41(58)53(44(34)60)25-29-11-13-31(14-12-29)45(61)69-54-38(55)15-16-39(54)56/h7,9-10,20-21,29,31,34-37,63H,8,11-19,22-27H2,1-6H3,(H,51,62)/b10-7+,28-9+/t29?,31?,34?,35-,36+,37?,47-,48?,49+/m1/s1. The van der Waals surface area contributed by atoms with E-state index in [0.29, 0.717) is 60.8 Å². The van der Waals surface area contributed by atoms with Crippen molar-refractivity contribution < 1.29 is 76.7 Å². The van der Waals surface area contributed by atoms with Crippen LogP contribution in [0.25, 0.3) is 0 Å². The van der Waals surface area contributed by atoms with Crippen LogP contribution in [0.1, 0.15) is 97.0 Å². The molecule has 4 saturated heterocycles. The van der Waals surface area contributed by atoms with Crippen molar-refractivity contribution in [3.8, 4) is 5.75 Å². The number of rotatable bonds is 14. The number of carbonyl (C=O) groups is 8. The van der Waals surface area contributed by atoms with E-state index in [1.54, 1.807) is 45.2 Å². The average molecular weight is 1030 g/mol. The molecule has 22 heteroatoms. The third kappa shape index (κ3) is 12.2. The zero-order chi connectivity index (χ0) is 51.4. The highest BCUT2D eigenvalue weighted by molar-refractivity contribution is 8.00. The molecule has 1 aliphatic carbocycles. The van der Waals surface area contributed by atoms with Crippen LogP contribution in [-0.4, -0.2) is 150 Å². The largest absolute Gasteiger partial charge is 0.495 e. The SMILES string of the molecule is COc1cc2cc(c1Cl)N(C)C(=O)C[C@H](OC(=O)COCCCSC1CC(=O)N(CC3CCC(C(=O)ON4C(=O)CCC4=O)CC3)C1=O)[C@@]1(C)CC(C)(O1)C1C[C@@](O)(NC(=O)O1)[C@H](OC)/C=C/C=C(\C)C2. The van der Waals surface area contributed by atoms with Crippen LogP contribution in [0.2, 0.25) is 5.02 Å². The Kier molecular flexibility index (Phi) is 16.9. The van der Waals surface area contributed by atoms with Gasteiger partial charge in [-0.2, -0.15) is 0 Å². The van der Waals surface area contributed by atoms with E-state index in [0.717, 1.165) is 11.1 Å². The summed E-state index contributed by atoms with van der Waals surface area (Å²) >= 11 is 8.11. The van der Waals surface area contributed by atoms with Gasteiger partial charge in [0.15, 0.2) is 5.72 Å². The lowest BCUT2D eigenvalue weighted by Crippen LogP contribution is -2.72. The van der Waals surface area contributed by atoms with Gasteiger partial charge < -0.3 is 43.3 Å². The molecule has 6 amide bonds. The molecule has 6 heterocycles. The Bertz CT molecular complexity index is 2320. The molecular weight excluding hydrogens is 968 g/mol. The first kappa shape index (κ1) is 53.7. The molecule has 7 atom stereocenters. The van der Waals surface area contributed by atoms with Crippen molar-refractivity contribution in [2.75, 3.05) is 51.7 Å². The van der Waals surface area contributed by atoms with Crippen molar-refractivity contribution in [1.29, 1.82) is 0 Å². The summed E-state index contributed by atoms with van der Waals surface area (Å²) in [7, 11) is 4.44. The van der Waals surface area contributed by atoms with Crippen LogP contribution in [0, 0.1) is 11.8 Å². The number of hydroxylamine groups is 2. The predicted octanol–water partition coefficient (Wildman–Crippen LogP) is 4.49. The van der Waals surface area contributed by atoms with Crippen molar-refractivity contribution in [2.24, 2.45) is 11.8 Å². The number of benzene rings is 1. The summed E-state index contributed by atoms with van der Waals surface area (Å²) in [5.74, 6) is -3.16. The van der Waals surface area contributed by atoms with Crippen molar-refractivity contribution in [3.05, 3.63) is 46.5 Å². The average Bonchev–Trinajstić information content (AvgIpc) is 3.77. The lowest BCUT2D eigenvalue weighted by Gasteiger charge is -2.59. The van der Waals surface area contributed by atoms with E-state index in [1.807, 2.05) is 13.0 Å². The molecule has 1 aromatic rings. The number of hydrogen-bond acceptors (Lipinski definition) is 17. The number of nitrogens with zero attached hydrogens (tertiary/aromatic N) is 3. The van der Waals surface area contributed by atoms with Gasteiger partial charge in [-0.3, -0.25) is 34.2 Å². The summed E-state index contributed by atoms with van der Waals surface area (Å²) < 4.78 is 35.1. The normalized spacial score (nSPS) is 32.7. The van der Waals surface area contributed by atoms with Crippen LogP contribution < -0.4 is 15.0 Å². The molecule has 388 valence electrons. The van der Waals surface area contributed by atoms with E-state index >= 15 is 0 Å². The fourth-order valence-electron chi connectivity index (χ4n) is 10.3. The van der Waals surface area contributed by atoms with Crippen molar-refractivity contribution in [1.82, 2.24) is 15.3 Å². The molecule has 20 nitrogen and oxygen atoms in total. The Morgan fingerprint density at radius 3 is 2.35 bits per heavy atom. The highest BCUT2D eigenvalue weighted by atomic mass is 35.5. The van der Waals surface area contributed by atoms with Crippen LogP contribution in [-0.2, 0) is 68.5 Å². The zero-order valence-corrected chi connectivity index (χ0v) is 42.4. The minimum atomic E-state index is -1.89. The number of hydrogen-bond donors (Lipinski definition) is 2. The molecule has 6 aliphatic heterocycles. The lowest BCUT2D eigenvalue weighted by atomic mass is 9.72. The molecule has 71 heavy (non-hydrogen) atoms. The number of fused-ring (bicyclic) bond motifs is 6. The molecule has 1 saturated carbocycles. The van der Waals surface area contributed by atoms with Gasteiger partial charge in [-0.05, 0) is 88.7 Å². The third-order valence-corrected chi connectivity index (χ3v) is 15.8. The van der Waals surface area contributed by atoms with E-state index in [-0.39, 0.29) is 74.4 Å². The number of amides is 6. The number of carbonyl (C=O) groups excluding carboxylic acids is 8. The van der Waals surface area contributed by atoms with Gasteiger partial charge in [0, 0.05) is 59.4 Å². The summed E-state index contributed by atoms with van der Waals surface area (Å²) in [4.78, 5) is 111. The summed E-state index contributed by atoms with van der Waals surface area (Å²) in [5, 5.41) is 14.5. The maximum absolute atomic E-state index is 14.2. The monoisotopic (exact) mass is 1030 g/mol. The van der Waals surface area contributed by atoms with Gasteiger partial charge in [-0.25, -0.2) is 14.4 Å². The topological polar surface area (TPSA) is 243 Å². The Balaban J connectivity index is 0.935. The highest BCUT2D eigenvalue weighted by Gasteiger charge is 2.63. The van der Waals surface area contributed by atoms with Crippen molar-refractivity contribution in [3.63, 3.8) is 0 Å². The summed E-state index contributed by atoms with van der Waals surface area (Å²) in [5.41, 5.74) is -2.29. The summed E-state index contributed by atoms with van der Waals surface area (Å²) in [6.07, 6.45) is 3.85. The molecular formula is C49H63ClN4O16S. The Morgan fingerprint density at radius 2 is 1.68 bits per heavy atom. The molecule has 5 fully saturated rings. The van der Waals surface area contributed by atoms with Crippen LogP contribution in [0.3, 0.4) is 0 Å². The second kappa shape index (κ2) is 22.4. The van der Waals surface area contributed by atoms with Gasteiger partial charge in [-0.1, -0.05) is 35.4 Å². The van der Waals surface area contributed by atoms with Crippen LogP contribution >= 0.6 is 23.4 Å². The third-order valence-electron chi connectivity index (χ3n) is 14.1. The van der Waals surface area contributed by atoms with Crippen LogP contribution in [0.15, 0.2) is 35.9 Å². The molecule has 2 N–H and O–H groups in total. The first-order valence-corrected chi connectivity index (χ1v) is 25.3. The number of allylic oxidation sites excluding steroid dienone is 3. The van der Waals surface area contributed by atoms with Gasteiger partial charge >= 0.3 is 18.0 Å². The Morgan fingerprint density at radius 1 is 0.972 bits per heavy atom. The number of halogens is 1. The van der Waals surface area contributed by atoms with E-state index < -0.39 is 88.8 Å². The van der Waals surface area contributed by atoms with Crippen LogP contribution in [0.5, 0.6) is 5.75 Å². The minimum absolute atomic E-state index is 0.00156. The van der Waals surface area contributed by atoms with E-state index in [9.17, 15) is 43.5 Å². The fraction of sp³-hybridized carbons (Fsp3) is 0.633. The molecule has 3 unspecified atom stereocenters. The lowest BCUT2D eigenvalue weighted by molar-refractivity contribution is -0.328. The van der Waals surface area contributed by atoms with Gasteiger partial charge in [0.2, 0.25) is 17.7 Å². The minimum Gasteiger partial charge on any atom is -0.495 e. The summed E-state index contributed by atoms with van der Waals surface area (Å²) in [6, 6.07) is 3.55. The second-order valence-electron chi connectivity index (χ2n) is 19.6. The Hall–Kier alpha value is -5.06. The number of thioether (sulfide) groups is 1. The molecule has 6 bridgehead atoms. The Labute approximate surface area is 421 Å². The molecule has 1 aromatic carbocycles. The molecule has 7 aliphatic rings. The molecule has 8 rings (SSSR count). The zero-order valence-electron chi connectivity index (χ0n) is 40.9. The van der Waals surface area contributed by atoms with Gasteiger partial charge in [0.25, 0.3) is 11.8 Å².